The van der Waals surface area contributed by atoms with E-state index in [1.54, 1.807) is 0 Å². The quantitative estimate of drug-likeness (QED) is 0.170. The van der Waals surface area contributed by atoms with Gasteiger partial charge in [-0.05, 0) is 95.9 Å². The summed E-state index contributed by atoms with van der Waals surface area (Å²) in [5, 5.41) is 6.25. The van der Waals surface area contributed by atoms with E-state index in [-0.39, 0.29) is 0 Å². The monoisotopic (exact) mass is 685 g/mol. The Kier molecular flexibility index (Phi) is 6.84. The molecule has 1 heteroatoms. The zero-order chi connectivity index (χ0) is 35.6. The third kappa shape index (κ3) is 4.45. The molecule has 0 bridgehead atoms. The molecule has 0 unspecified atom stereocenters. The normalized spacial score (nSPS) is 13.0. The third-order valence-corrected chi connectivity index (χ3v) is 11.7. The average Bonchev–Trinajstić information content (AvgIpc) is 3.77. The van der Waals surface area contributed by atoms with Crippen molar-refractivity contribution in [1.29, 1.82) is 0 Å². The summed E-state index contributed by atoms with van der Waals surface area (Å²) in [4.78, 5) is 0. The first kappa shape index (κ1) is 30.6. The highest BCUT2D eigenvalue weighted by molar-refractivity contribution is 6.08. The highest BCUT2D eigenvalue weighted by Crippen LogP contribution is 2.56. The molecular weight excluding hydrogens is 651 g/mol. The number of rotatable bonds is 5. The molecule has 1 aliphatic rings. The molecule has 0 saturated carbocycles. The second kappa shape index (κ2) is 12.0. The van der Waals surface area contributed by atoms with Crippen LogP contribution in [0.1, 0.15) is 22.3 Å². The van der Waals surface area contributed by atoms with Gasteiger partial charge in [-0.3, -0.25) is 0 Å². The summed E-state index contributed by atoms with van der Waals surface area (Å²) in [5.74, 6) is 0. The van der Waals surface area contributed by atoms with Gasteiger partial charge in [0.1, 0.15) is 0 Å². The van der Waals surface area contributed by atoms with Gasteiger partial charge < -0.3 is 4.57 Å². The molecule has 0 radical (unpaired) electrons. The number of nitrogens with zero attached hydrogens (tertiary/aromatic N) is 1. The summed E-state index contributed by atoms with van der Waals surface area (Å²) < 4.78 is 2.42. The Morgan fingerprint density at radius 2 is 0.889 bits per heavy atom. The summed E-state index contributed by atoms with van der Waals surface area (Å²) in [6, 6.07) is 76.0. The van der Waals surface area contributed by atoms with Crippen LogP contribution in [0.2, 0.25) is 0 Å². The molecule has 9 aromatic carbocycles. The van der Waals surface area contributed by atoms with Crippen molar-refractivity contribution < 1.29 is 0 Å². The lowest BCUT2D eigenvalue weighted by molar-refractivity contribution is 0.767. The highest BCUT2D eigenvalue weighted by atomic mass is 15.0. The molecule has 0 amide bonds. The number of hydrogen-bond acceptors (Lipinski definition) is 0. The fourth-order valence-electron chi connectivity index (χ4n) is 9.35. The van der Waals surface area contributed by atoms with Crippen molar-refractivity contribution in [2.75, 3.05) is 0 Å². The minimum Gasteiger partial charge on any atom is -0.316 e. The summed E-state index contributed by atoms with van der Waals surface area (Å²) in [5.41, 5.74) is 14.5. The van der Waals surface area contributed by atoms with Crippen molar-refractivity contribution in [3.63, 3.8) is 0 Å². The van der Waals surface area contributed by atoms with Crippen LogP contribution < -0.4 is 0 Å². The van der Waals surface area contributed by atoms with Gasteiger partial charge in [-0.2, -0.15) is 0 Å². The van der Waals surface area contributed by atoms with Crippen molar-refractivity contribution in [1.82, 2.24) is 4.57 Å². The molecule has 0 spiro atoms. The van der Waals surface area contributed by atoms with Crippen LogP contribution in [0.25, 0.3) is 71.5 Å². The molecule has 1 aliphatic carbocycles. The Hall–Kier alpha value is -6.96. The van der Waals surface area contributed by atoms with Crippen LogP contribution in [0.15, 0.2) is 212 Å². The van der Waals surface area contributed by atoms with Crippen LogP contribution in [0.3, 0.4) is 0 Å². The van der Waals surface area contributed by atoms with Gasteiger partial charge in [-0.25, -0.2) is 0 Å². The van der Waals surface area contributed by atoms with Gasteiger partial charge in [0.2, 0.25) is 0 Å². The van der Waals surface area contributed by atoms with E-state index in [1.807, 2.05) is 0 Å². The zero-order valence-corrected chi connectivity index (χ0v) is 29.7. The maximum Gasteiger partial charge on any atom is 0.0714 e. The molecule has 0 fully saturated rings. The second-order valence-electron chi connectivity index (χ2n) is 14.5. The van der Waals surface area contributed by atoms with Crippen LogP contribution in [0, 0.1) is 0 Å². The topological polar surface area (TPSA) is 4.93 Å². The maximum absolute atomic E-state index is 2.46. The molecule has 11 rings (SSSR count). The van der Waals surface area contributed by atoms with Crippen LogP contribution >= 0.6 is 0 Å². The fourth-order valence-corrected chi connectivity index (χ4v) is 9.35. The Bertz CT molecular complexity index is 2990. The van der Waals surface area contributed by atoms with Gasteiger partial charge in [0, 0.05) is 22.8 Å². The first-order chi connectivity index (χ1) is 26.8. The van der Waals surface area contributed by atoms with Gasteiger partial charge in [0.05, 0.1) is 10.9 Å². The van der Waals surface area contributed by atoms with E-state index in [4.69, 9.17) is 0 Å². The van der Waals surface area contributed by atoms with Crippen LogP contribution in [-0.2, 0) is 5.41 Å². The predicted octanol–water partition coefficient (Wildman–Crippen LogP) is 13.6. The van der Waals surface area contributed by atoms with E-state index >= 15 is 0 Å². The molecule has 0 aliphatic heterocycles. The van der Waals surface area contributed by atoms with Gasteiger partial charge >= 0.3 is 0 Å². The van der Waals surface area contributed by atoms with Crippen molar-refractivity contribution in [2.45, 2.75) is 5.41 Å². The number of fused-ring (bicyclic) bond motifs is 6. The van der Waals surface area contributed by atoms with E-state index < -0.39 is 5.41 Å². The van der Waals surface area contributed by atoms with Gasteiger partial charge in [0.25, 0.3) is 0 Å². The van der Waals surface area contributed by atoms with E-state index in [9.17, 15) is 0 Å². The molecule has 10 aromatic rings. The SMILES string of the molecule is c1ccc(C2(c3ccccc3)c3ccccc3-c3ccc(-n4cc(-c5cccc6ccccc56)c5cc(-c6cccc7ccccc67)ccc54)cc32)cc1. The predicted molar refractivity (Wildman–Crippen MR) is 226 cm³/mol. The number of aromatic nitrogens is 1. The first-order valence-corrected chi connectivity index (χ1v) is 18.8. The molecule has 54 heavy (non-hydrogen) atoms. The standard InChI is InChI=1S/C53H35N/c1-3-19-39(20-4-1)53(40-21-5-2-6-22-40)50-28-12-11-25-46(50)47-31-30-41(34-51(47)53)54-35-49(45-27-14-18-37-16-8-10-24-43(37)45)48-33-38(29-32-52(48)54)44-26-13-17-36-15-7-9-23-42(36)44/h1-35H. The largest absolute Gasteiger partial charge is 0.316 e. The van der Waals surface area contributed by atoms with Crippen molar-refractivity contribution in [3.05, 3.63) is 235 Å². The molecule has 0 N–H and O–H groups in total. The molecular formula is C53H35N. The average molecular weight is 686 g/mol. The van der Waals surface area contributed by atoms with E-state index in [2.05, 4.69) is 217 Å². The zero-order valence-electron chi connectivity index (χ0n) is 29.7. The lowest BCUT2D eigenvalue weighted by Gasteiger charge is -2.34. The number of hydrogen-bond donors (Lipinski definition) is 0. The van der Waals surface area contributed by atoms with Gasteiger partial charge in [0.15, 0.2) is 0 Å². The van der Waals surface area contributed by atoms with E-state index in [1.165, 1.54) is 88.1 Å². The van der Waals surface area contributed by atoms with Crippen LogP contribution in [0.4, 0.5) is 0 Å². The van der Waals surface area contributed by atoms with Gasteiger partial charge in [-0.15, -0.1) is 0 Å². The lowest BCUT2D eigenvalue weighted by Crippen LogP contribution is -2.28. The fraction of sp³-hybridized carbons (Fsp3) is 0.0189. The Labute approximate surface area is 315 Å². The second-order valence-corrected chi connectivity index (χ2v) is 14.5. The third-order valence-electron chi connectivity index (χ3n) is 11.7. The Morgan fingerprint density at radius 1 is 0.333 bits per heavy atom. The Balaban J connectivity index is 1.20. The minimum absolute atomic E-state index is 0.465. The summed E-state index contributed by atoms with van der Waals surface area (Å²) >= 11 is 0. The maximum atomic E-state index is 2.46. The highest BCUT2D eigenvalue weighted by Gasteiger charge is 2.46. The summed E-state index contributed by atoms with van der Waals surface area (Å²) in [6.07, 6.45) is 2.37. The lowest BCUT2D eigenvalue weighted by atomic mass is 9.67. The van der Waals surface area contributed by atoms with E-state index in [0.717, 1.165) is 5.69 Å². The molecule has 1 nitrogen and oxygen atoms in total. The van der Waals surface area contributed by atoms with E-state index in [0.29, 0.717) is 0 Å². The van der Waals surface area contributed by atoms with Crippen LogP contribution in [0.5, 0.6) is 0 Å². The molecule has 252 valence electrons. The van der Waals surface area contributed by atoms with Crippen LogP contribution in [-0.4, -0.2) is 4.57 Å². The summed E-state index contributed by atoms with van der Waals surface area (Å²) in [7, 11) is 0. The first-order valence-electron chi connectivity index (χ1n) is 18.8. The minimum atomic E-state index is -0.465. The molecule has 0 atom stereocenters. The molecule has 1 heterocycles. The molecule has 1 aromatic heterocycles. The van der Waals surface area contributed by atoms with Crippen molar-refractivity contribution in [2.24, 2.45) is 0 Å². The Morgan fingerprint density at radius 3 is 1.61 bits per heavy atom. The van der Waals surface area contributed by atoms with Crippen molar-refractivity contribution in [3.8, 4) is 39.1 Å². The van der Waals surface area contributed by atoms with Crippen molar-refractivity contribution >= 4 is 32.4 Å². The van der Waals surface area contributed by atoms with Gasteiger partial charge in [-0.1, -0.05) is 182 Å². The number of benzene rings is 9. The summed E-state index contributed by atoms with van der Waals surface area (Å²) in [6.45, 7) is 0. The smallest absolute Gasteiger partial charge is 0.0714 e. The molecule has 0 saturated heterocycles.